The number of para-hydroxylation sites is 1. The highest BCUT2D eigenvalue weighted by atomic mass is 16.5. The topological polar surface area (TPSA) is 62.1 Å². The van der Waals surface area contributed by atoms with Crippen molar-refractivity contribution in [2.75, 3.05) is 7.11 Å². The van der Waals surface area contributed by atoms with Crippen LogP contribution in [0.5, 0.6) is 11.5 Å². The molecule has 0 unspecified atom stereocenters. The molecule has 0 atom stereocenters. The third-order valence-electron chi connectivity index (χ3n) is 3.84. The largest absolute Gasteiger partial charge is 0.493 e. The second-order valence-electron chi connectivity index (χ2n) is 5.46. The Balaban J connectivity index is 1.55. The Labute approximate surface area is 144 Å². The van der Waals surface area contributed by atoms with E-state index < -0.39 is 0 Å². The van der Waals surface area contributed by atoms with Crippen molar-refractivity contribution in [2.45, 2.75) is 6.61 Å². The van der Waals surface area contributed by atoms with E-state index in [1.165, 1.54) is 0 Å². The Morgan fingerprint density at radius 1 is 1.00 bits per heavy atom. The molecule has 0 aliphatic heterocycles. The van der Waals surface area contributed by atoms with E-state index in [-0.39, 0.29) is 6.61 Å². The molecule has 0 spiro atoms. The molecule has 0 N–H and O–H groups in total. The van der Waals surface area contributed by atoms with Gasteiger partial charge in [0, 0.05) is 17.8 Å². The number of ether oxygens (including phenoxy) is 2. The maximum absolute atomic E-state index is 5.88. The van der Waals surface area contributed by atoms with Crippen molar-refractivity contribution < 1.29 is 9.47 Å². The van der Waals surface area contributed by atoms with Gasteiger partial charge in [-0.15, -0.1) is 5.10 Å². The van der Waals surface area contributed by atoms with E-state index in [1.54, 1.807) is 30.5 Å². The first-order valence-electron chi connectivity index (χ1n) is 7.84. The van der Waals surface area contributed by atoms with E-state index in [0.29, 0.717) is 17.3 Å². The molecule has 0 bridgehead atoms. The number of nitrogens with zero attached hydrogens (tertiary/aromatic N) is 4. The molecule has 2 heterocycles. The highest BCUT2D eigenvalue weighted by Gasteiger charge is 2.09. The van der Waals surface area contributed by atoms with E-state index >= 15 is 0 Å². The van der Waals surface area contributed by atoms with E-state index in [4.69, 9.17) is 9.47 Å². The van der Waals surface area contributed by atoms with E-state index in [2.05, 4.69) is 15.1 Å². The van der Waals surface area contributed by atoms with Crippen LogP contribution in [0.3, 0.4) is 0 Å². The van der Waals surface area contributed by atoms with Gasteiger partial charge in [0.25, 0.3) is 0 Å². The van der Waals surface area contributed by atoms with Gasteiger partial charge in [0.1, 0.15) is 12.9 Å². The minimum atomic E-state index is 0.252. The van der Waals surface area contributed by atoms with Gasteiger partial charge in [-0.3, -0.25) is 4.98 Å². The molecule has 0 aliphatic rings. The fourth-order valence-electron chi connectivity index (χ4n) is 2.58. The number of methoxy groups -OCH3 is 1. The van der Waals surface area contributed by atoms with E-state index in [1.807, 2.05) is 48.5 Å². The van der Waals surface area contributed by atoms with Crippen LogP contribution in [0.15, 0.2) is 67.3 Å². The van der Waals surface area contributed by atoms with Crippen LogP contribution >= 0.6 is 0 Å². The normalized spacial score (nSPS) is 10.8. The number of benzene rings is 2. The molecule has 6 nitrogen and oxygen atoms in total. The molecule has 0 radical (unpaired) electrons. The summed E-state index contributed by atoms with van der Waals surface area (Å²) in [4.78, 5) is 8.44. The van der Waals surface area contributed by atoms with Crippen molar-refractivity contribution in [3.63, 3.8) is 0 Å². The Kier molecular flexibility index (Phi) is 4.00. The fraction of sp³-hybridized carbons (Fsp3) is 0.105. The zero-order valence-corrected chi connectivity index (χ0v) is 13.7. The highest BCUT2D eigenvalue weighted by molar-refractivity contribution is 5.85. The number of hydrogen-bond acceptors (Lipinski definition) is 5. The first-order valence-corrected chi connectivity index (χ1v) is 7.84. The summed E-state index contributed by atoms with van der Waals surface area (Å²) in [6, 6.07) is 15.6. The van der Waals surface area contributed by atoms with Crippen molar-refractivity contribution in [2.24, 2.45) is 0 Å². The molecule has 2 aromatic carbocycles. The van der Waals surface area contributed by atoms with Crippen molar-refractivity contribution in [1.82, 2.24) is 19.7 Å². The monoisotopic (exact) mass is 332 g/mol. The molecule has 0 amide bonds. The number of aromatic nitrogens is 4. The smallest absolute Gasteiger partial charge is 0.188 e. The lowest BCUT2D eigenvalue weighted by Crippen LogP contribution is -2.01. The summed E-state index contributed by atoms with van der Waals surface area (Å²) in [6.45, 7) is 0.252. The maximum atomic E-state index is 5.88. The lowest BCUT2D eigenvalue weighted by atomic mass is 10.1. The van der Waals surface area contributed by atoms with Crippen molar-refractivity contribution in [3.05, 3.63) is 73.1 Å². The first kappa shape index (κ1) is 15.1. The Morgan fingerprint density at radius 3 is 2.68 bits per heavy atom. The van der Waals surface area contributed by atoms with Crippen molar-refractivity contribution in [3.8, 4) is 17.2 Å². The van der Waals surface area contributed by atoms with Gasteiger partial charge < -0.3 is 9.47 Å². The van der Waals surface area contributed by atoms with Gasteiger partial charge in [-0.05, 0) is 35.7 Å². The summed E-state index contributed by atoms with van der Waals surface area (Å²) in [5.74, 6) is 1.90. The number of fused-ring (bicyclic) bond motifs is 1. The zero-order chi connectivity index (χ0) is 17.1. The quantitative estimate of drug-likeness (QED) is 0.560. The number of pyridine rings is 1. The molecule has 0 aliphatic carbocycles. The molecule has 25 heavy (non-hydrogen) atoms. The van der Waals surface area contributed by atoms with Gasteiger partial charge in [0.05, 0.1) is 12.8 Å². The van der Waals surface area contributed by atoms with Crippen LogP contribution in [0.25, 0.3) is 16.5 Å². The standard InChI is InChI=1S/C19H16N4O2/c1-24-17-9-14-7-8-20-11-15(14)10-18(17)25-12-19-21-13-23(22-19)16-5-3-2-4-6-16/h2-11,13H,12H2,1H3. The SMILES string of the molecule is COc1cc2ccncc2cc1OCc1ncn(-c2ccccc2)n1. The van der Waals surface area contributed by atoms with Crippen molar-refractivity contribution >= 4 is 10.8 Å². The summed E-state index contributed by atoms with van der Waals surface area (Å²) in [5.41, 5.74) is 0.954. The van der Waals surface area contributed by atoms with Crippen LogP contribution in [-0.2, 0) is 6.61 Å². The molecular weight excluding hydrogens is 316 g/mol. The molecule has 4 rings (SSSR count). The second-order valence-corrected chi connectivity index (χ2v) is 5.46. The minimum absolute atomic E-state index is 0.252. The second kappa shape index (κ2) is 6.60. The third kappa shape index (κ3) is 3.14. The van der Waals surface area contributed by atoms with Gasteiger partial charge in [-0.1, -0.05) is 18.2 Å². The molecule has 0 saturated carbocycles. The van der Waals surface area contributed by atoms with Crippen molar-refractivity contribution in [1.29, 1.82) is 0 Å². The zero-order valence-electron chi connectivity index (χ0n) is 13.7. The van der Waals surface area contributed by atoms with Gasteiger partial charge in [0.2, 0.25) is 0 Å². The summed E-state index contributed by atoms with van der Waals surface area (Å²) in [6.07, 6.45) is 5.22. The molecule has 2 aromatic heterocycles. The van der Waals surface area contributed by atoms with Gasteiger partial charge >= 0.3 is 0 Å². The van der Waals surface area contributed by atoms with Crippen LogP contribution in [0, 0.1) is 0 Å². The van der Waals surface area contributed by atoms with Crippen LogP contribution < -0.4 is 9.47 Å². The summed E-state index contributed by atoms with van der Waals surface area (Å²) in [5, 5.41) is 6.47. The molecule has 6 heteroatoms. The molecular formula is C19H16N4O2. The van der Waals surface area contributed by atoms with Gasteiger partial charge in [0.15, 0.2) is 17.3 Å². The van der Waals surface area contributed by atoms with Crippen LogP contribution in [0.2, 0.25) is 0 Å². The lowest BCUT2D eigenvalue weighted by Gasteiger charge is -2.10. The van der Waals surface area contributed by atoms with Gasteiger partial charge in [-0.25, -0.2) is 9.67 Å². The Bertz CT molecular complexity index is 999. The summed E-state index contributed by atoms with van der Waals surface area (Å²) >= 11 is 0. The fourth-order valence-corrected chi connectivity index (χ4v) is 2.58. The van der Waals surface area contributed by atoms with Crippen LogP contribution in [-0.4, -0.2) is 26.9 Å². The van der Waals surface area contributed by atoms with Crippen LogP contribution in [0.4, 0.5) is 0 Å². The molecule has 0 saturated heterocycles. The van der Waals surface area contributed by atoms with E-state index in [9.17, 15) is 0 Å². The average molecular weight is 332 g/mol. The Morgan fingerprint density at radius 2 is 1.84 bits per heavy atom. The van der Waals surface area contributed by atoms with Gasteiger partial charge in [-0.2, -0.15) is 0 Å². The molecule has 124 valence electrons. The number of rotatable bonds is 5. The van der Waals surface area contributed by atoms with Crippen LogP contribution in [0.1, 0.15) is 5.82 Å². The predicted molar refractivity (Wildman–Crippen MR) is 94.0 cm³/mol. The predicted octanol–water partition coefficient (Wildman–Crippen LogP) is 3.40. The first-order chi connectivity index (χ1) is 12.3. The van der Waals surface area contributed by atoms with E-state index in [0.717, 1.165) is 16.5 Å². The molecule has 4 aromatic rings. The number of hydrogen-bond donors (Lipinski definition) is 0. The molecule has 0 fully saturated rings. The lowest BCUT2D eigenvalue weighted by molar-refractivity contribution is 0.277. The minimum Gasteiger partial charge on any atom is -0.493 e. The maximum Gasteiger partial charge on any atom is 0.188 e. The summed E-state index contributed by atoms with van der Waals surface area (Å²) < 4.78 is 13.0. The summed E-state index contributed by atoms with van der Waals surface area (Å²) in [7, 11) is 1.62. The highest BCUT2D eigenvalue weighted by Crippen LogP contribution is 2.32. The Hall–Kier alpha value is -3.41. The third-order valence-corrected chi connectivity index (χ3v) is 3.84. The average Bonchev–Trinajstić information content (AvgIpc) is 3.15.